The van der Waals surface area contributed by atoms with Gasteiger partial charge in [-0.05, 0) is 32.2 Å². The molecule has 0 aromatic rings. The highest BCUT2D eigenvalue weighted by Crippen LogP contribution is 2.09. The highest BCUT2D eigenvalue weighted by molar-refractivity contribution is 5.75. The Morgan fingerprint density at radius 2 is 1.21 bits per heavy atom. The summed E-state index contributed by atoms with van der Waals surface area (Å²) in [6, 6.07) is 0. The lowest BCUT2D eigenvalue weighted by Gasteiger charge is -2.05. The fourth-order valence-corrected chi connectivity index (χ4v) is 2.87. The predicted molar refractivity (Wildman–Crippen MR) is 102 cm³/mol. The van der Waals surface area contributed by atoms with Crippen LogP contribution in [0.25, 0.3) is 0 Å². The largest absolute Gasteiger partial charge is 0.356 e. The molecule has 4 heteroatoms. The van der Waals surface area contributed by atoms with Gasteiger partial charge in [0.25, 0.3) is 0 Å². The first-order valence-electron chi connectivity index (χ1n) is 10.2. The monoisotopic (exact) mass is 340 g/mol. The van der Waals surface area contributed by atoms with E-state index in [2.05, 4.69) is 5.32 Å². The minimum absolute atomic E-state index is 0.206. The maximum atomic E-state index is 11.7. The van der Waals surface area contributed by atoms with Crippen molar-refractivity contribution in [3.8, 4) is 0 Å². The van der Waals surface area contributed by atoms with Crippen LogP contribution in [0.4, 0.5) is 0 Å². The Balaban J connectivity index is 3.14. The zero-order chi connectivity index (χ0) is 17.7. The van der Waals surface area contributed by atoms with Gasteiger partial charge in [0.2, 0.25) is 5.91 Å². The summed E-state index contributed by atoms with van der Waals surface area (Å²) in [6.45, 7) is 1.65. The predicted octanol–water partition coefficient (Wildman–Crippen LogP) is 4.50. The van der Waals surface area contributed by atoms with Crippen molar-refractivity contribution < 1.29 is 9.59 Å². The molecule has 0 saturated heterocycles. The first kappa shape index (κ1) is 23.1. The van der Waals surface area contributed by atoms with E-state index in [4.69, 9.17) is 5.73 Å². The van der Waals surface area contributed by atoms with Crippen molar-refractivity contribution >= 4 is 12.2 Å². The number of carbonyl (C=O) groups excluding carboxylic acids is 2. The second-order valence-corrected chi connectivity index (χ2v) is 6.79. The highest BCUT2D eigenvalue weighted by atomic mass is 16.1. The third-order valence-electron chi connectivity index (χ3n) is 4.43. The Labute approximate surface area is 149 Å². The summed E-state index contributed by atoms with van der Waals surface area (Å²) in [5.41, 5.74) is 5.47. The summed E-state index contributed by atoms with van der Waals surface area (Å²) in [7, 11) is 0. The van der Waals surface area contributed by atoms with Crippen molar-refractivity contribution in [3.63, 3.8) is 0 Å². The van der Waals surface area contributed by atoms with Crippen LogP contribution in [0.15, 0.2) is 0 Å². The standard InChI is InChI=1S/C20H40N2O2/c21-17-13-9-5-1-2-6-10-14-18-22-20(24)16-12-8-4-3-7-11-15-19-23/h19H,1-18,21H2,(H,22,24). The SMILES string of the molecule is NCCCCCCCCCCNC(=O)CCCCCCCCC=O. The van der Waals surface area contributed by atoms with Crippen LogP contribution in [-0.4, -0.2) is 25.3 Å². The van der Waals surface area contributed by atoms with Crippen molar-refractivity contribution in [2.45, 2.75) is 103 Å². The number of carbonyl (C=O) groups is 2. The van der Waals surface area contributed by atoms with Crippen LogP contribution in [0.1, 0.15) is 103 Å². The molecule has 0 rings (SSSR count). The zero-order valence-corrected chi connectivity index (χ0v) is 15.7. The molecule has 24 heavy (non-hydrogen) atoms. The van der Waals surface area contributed by atoms with E-state index in [1.54, 1.807) is 0 Å². The first-order valence-corrected chi connectivity index (χ1v) is 10.2. The molecular weight excluding hydrogens is 300 g/mol. The number of hydrogen-bond acceptors (Lipinski definition) is 3. The number of nitrogens with two attached hydrogens (primary N) is 1. The molecule has 0 fully saturated rings. The average Bonchev–Trinajstić information content (AvgIpc) is 2.59. The van der Waals surface area contributed by atoms with Gasteiger partial charge in [0.15, 0.2) is 0 Å². The summed E-state index contributed by atoms with van der Waals surface area (Å²) in [4.78, 5) is 21.9. The molecule has 0 atom stereocenters. The molecule has 0 unspecified atom stereocenters. The minimum atomic E-state index is 0.206. The summed E-state index contributed by atoms with van der Waals surface area (Å²) in [5, 5.41) is 3.03. The van der Waals surface area contributed by atoms with Crippen molar-refractivity contribution in [2.75, 3.05) is 13.1 Å². The molecule has 0 radical (unpaired) electrons. The van der Waals surface area contributed by atoms with Gasteiger partial charge in [0.05, 0.1) is 0 Å². The fourth-order valence-electron chi connectivity index (χ4n) is 2.87. The highest BCUT2D eigenvalue weighted by Gasteiger charge is 2.00. The Bertz CT molecular complexity index is 283. The minimum Gasteiger partial charge on any atom is -0.356 e. The zero-order valence-electron chi connectivity index (χ0n) is 15.7. The van der Waals surface area contributed by atoms with Gasteiger partial charge in [-0.2, -0.15) is 0 Å². The molecule has 0 aliphatic heterocycles. The Hall–Kier alpha value is -0.900. The molecule has 0 aliphatic rings. The van der Waals surface area contributed by atoms with Gasteiger partial charge in [-0.15, -0.1) is 0 Å². The quantitative estimate of drug-likeness (QED) is 0.268. The molecule has 3 N–H and O–H groups in total. The topological polar surface area (TPSA) is 72.2 Å². The molecule has 0 bridgehead atoms. The van der Waals surface area contributed by atoms with Crippen LogP contribution in [0, 0.1) is 0 Å². The van der Waals surface area contributed by atoms with E-state index < -0.39 is 0 Å². The molecule has 4 nitrogen and oxygen atoms in total. The number of amides is 1. The fraction of sp³-hybridized carbons (Fsp3) is 0.900. The molecule has 0 aliphatic carbocycles. The van der Waals surface area contributed by atoms with Crippen LogP contribution in [0.5, 0.6) is 0 Å². The van der Waals surface area contributed by atoms with Crippen LogP contribution < -0.4 is 11.1 Å². The lowest BCUT2D eigenvalue weighted by atomic mass is 10.1. The van der Waals surface area contributed by atoms with Crippen LogP contribution in [0.2, 0.25) is 0 Å². The first-order chi connectivity index (χ1) is 11.8. The molecule has 142 valence electrons. The van der Waals surface area contributed by atoms with Gasteiger partial charge < -0.3 is 15.8 Å². The van der Waals surface area contributed by atoms with Crippen molar-refractivity contribution in [2.24, 2.45) is 5.73 Å². The molecule has 0 saturated carbocycles. The second-order valence-electron chi connectivity index (χ2n) is 6.79. The molecular formula is C20H40N2O2. The maximum absolute atomic E-state index is 11.7. The Morgan fingerprint density at radius 1 is 0.708 bits per heavy atom. The van der Waals surface area contributed by atoms with Crippen molar-refractivity contribution in [3.05, 3.63) is 0 Å². The Kier molecular flexibility index (Phi) is 19.4. The van der Waals surface area contributed by atoms with Gasteiger partial charge in [-0.3, -0.25) is 4.79 Å². The number of hydrogen-bond donors (Lipinski definition) is 2. The van der Waals surface area contributed by atoms with E-state index in [1.165, 1.54) is 51.4 Å². The normalized spacial score (nSPS) is 10.7. The smallest absolute Gasteiger partial charge is 0.219 e. The van der Waals surface area contributed by atoms with E-state index in [9.17, 15) is 9.59 Å². The van der Waals surface area contributed by atoms with E-state index in [-0.39, 0.29) is 5.91 Å². The molecule has 0 heterocycles. The van der Waals surface area contributed by atoms with Gasteiger partial charge in [0, 0.05) is 19.4 Å². The summed E-state index contributed by atoms with van der Waals surface area (Å²) < 4.78 is 0. The maximum Gasteiger partial charge on any atom is 0.219 e. The van der Waals surface area contributed by atoms with E-state index >= 15 is 0 Å². The van der Waals surface area contributed by atoms with Crippen LogP contribution in [-0.2, 0) is 9.59 Å². The molecule has 1 amide bonds. The lowest BCUT2D eigenvalue weighted by molar-refractivity contribution is -0.121. The van der Waals surface area contributed by atoms with E-state index in [1.807, 2.05) is 0 Å². The lowest BCUT2D eigenvalue weighted by Crippen LogP contribution is -2.23. The second kappa shape index (κ2) is 20.1. The van der Waals surface area contributed by atoms with Gasteiger partial charge in [-0.25, -0.2) is 0 Å². The molecule has 0 aromatic heterocycles. The van der Waals surface area contributed by atoms with Gasteiger partial charge in [0.1, 0.15) is 6.29 Å². The van der Waals surface area contributed by atoms with Gasteiger partial charge >= 0.3 is 0 Å². The van der Waals surface area contributed by atoms with Crippen LogP contribution in [0.3, 0.4) is 0 Å². The van der Waals surface area contributed by atoms with Crippen molar-refractivity contribution in [1.82, 2.24) is 5.32 Å². The third-order valence-corrected chi connectivity index (χ3v) is 4.43. The van der Waals surface area contributed by atoms with Crippen LogP contribution >= 0.6 is 0 Å². The van der Waals surface area contributed by atoms with E-state index in [0.29, 0.717) is 12.8 Å². The number of nitrogens with one attached hydrogen (secondary N) is 1. The number of aldehydes is 1. The van der Waals surface area contributed by atoms with E-state index in [0.717, 1.165) is 57.9 Å². The Morgan fingerprint density at radius 3 is 1.79 bits per heavy atom. The number of rotatable bonds is 19. The third kappa shape index (κ3) is 19.1. The number of unbranched alkanes of at least 4 members (excludes halogenated alkanes) is 13. The summed E-state index contributed by atoms with van der Waals surface area (Å²) >= 11 is 0. The average molecular weight is 341 g/mol. The molecule has 0 spiro atoms. The van der Waals surface area contributed by atoms with Crippen molar-refractivity contribution in [1.29, 1.82) is 0 Å². The molecule has 0 aromatic carbocycles. The summed E-state index contributed by atoms with van der Waals surface area (Å²) in [6.07, 6.45) is 18.9. The summed E-state index contributed by atoms with van der Waals surface area (Å²) in [5.74, 6) is 0.206. The van der Waals surface area contributed by atoms with Gasteiger partial charge in [-0.1, -0.05) is 64.2 Å².